The maximum atomic E-state index is 12.0. The first kappa shape index (κ1) is 22.7. The summed E-state index contributed by atoms with van der Waals surface area (Å²) in [6.07, 6.45) is 5.43. The van der Waals surface area contributed by atoms with Gasteiger partial charge >= 0.3 is 0 Å². The van der Waals surface area contributed by atoms with Crippen LogP contribution < -0.4 is 10.6 Å². The van der Waals surface area contributed by atoms with Gasteiger partial charge in [-0.05, 0) is 12.8 Å². The van der Waals surface area contributed by atoms with Gasteiger partial charge in [0.25, 0.3) is 11.9 Å². The number of fused-ring (bicyclic) bond motifs is 1. The van der Waals surface area contributed by atoms with Crippen LogP contribution in [0.1, 0.15) is 48.7 Å². The molecule has 3 aromatic heterocycles. The first-order chi connectivity index (χ1) is 16.5. The molecule has 1 aliphatic heterocycles. The van der Waals surface area contributed by atoms with Crippen LogP contribution in [0.2, 0.25) is 0 Å². The molecule has 34 heavy (non-hydrogen) atoms. The number of nitrogens with one attached hydrogen (secondary N) is 2. The van der Waals surface area contributed by atoms with Crippen molar-refractivity contribution in [3.8, 4) is 5.95 Å². The summed E-state index contributed by atoms with van der Waals surface area (Å²) in [5.41, 5.74) is 1.19. The fourth-order valence-electron chi connectivity index (χ4n) is 4.54. The van der Waals surface area contributed by atoms with Crippen LogP contribution in [0.15, 0.2) is 18.7 Å². The third-order valence-corrected chi connectivity index (χ3v) is 6.42. The van der Waals surface area contributed by atoms with Crippen molar-refractivity contribution in [2.45, 2.75) is 62.7 Å². The van der Waals surface area contributed by atoms with Gasteiger partial charge in [-0.15, -0.1) is 0 Å². The Morgan fingerprint density at radius 1 is 1.21 bits per heavy atom. The van der Waals surface area contributed by atoms with E-state index in [2.05, 4.69) is 30.7 Å². The van der Waals surface area contributed by atoms with Crippen LogP contribution in [0.3, 0.4) is 0 Å². The molecule has 13 nitrogen and oxygen atoms in total. The highest BCUT2D eigenvalue weighted by Crippen LogP contribution is 2.33. The van der Waals surface area contributed by atoms with Crippen molar-refractivity contribution in [3.63, 3.8) is 0 Å². The van der Waals surface area contributed by atoms with E-state index in [1.807, 2.05) is 0 Å². The lowest BCUT2D eigenvalue weighted by Gasteiger charge is -2.23. The van der Waals surface area contributed by atoms with Gasteiger partial charge in [-0.25, -0.2) is 9.67 Å². The Kier molecular flexibility index (Phi) is 6.16. The Bertz CT molecular complexity index is 1170. The Morgan fingerprint density at radius 2 is 2.00 bits per heavy atom. The smallest absolute Gasteiger partial charge is 0.254 e. The molecule has 5 rings (SSSR count). The van der Waals surface area contributed by atoms with E-state index in [1.165, 1.54) is 41.4 Å². The molecule has 182 valence electrons. The topological polar surface area (TPSA) is 172 Å². The number of aromatic nitrogens is 6. The lowest BCUT2D eigenvalue weighted by molar-refractivity contribution is -0.0511. The standard InChI is InChI=1S/C21H28N8O5/c1-22-19(33)11-7-24-29(8-11)21-26-17(25-12-5-3-2-4-6-12)14-18(27-21)28(10-23-14)20-16(32)15(31)13(9-30)34-20/h7-8,10,12-13,15-16,20,30-32H,2-6,9H2,1H3,(H,22,33)(H,25,26,27). The van der Waals surface area contributed by atoms with Crippen LogP contribution in [-0.2, 0) is 4.74 Å². The number of ether oxygens (including phenoxy) is 1. The van der Waals surface area contributed by atoms with Gasteiger partial charge in [0, 0.05) is 19.3 Å². The Hall–Kier alpha value is -3.13. The third kappa shape index (κ3) is 4.00. The highest BCUT2D eigenvalue weighted by atomic mass is 16.6. The SMILES string of the molecule is CNC(=O)c1cnn(-c2nc(NC3CCCCC3)c3ncn(C4OC(CO)C(O)C4O)c3n2)c1. The second kappa shape index (κ2) is 9.25. The van der Waals surface area contributed by atoms with Crippen LogP contribution in [0.4, 0.5) is 5.82 Å². The number of anilines is 1. The number of aliphatic hydroxyl groups excluding tert-OH is 3. The highest BCUT2D eigenvalue weighted by molar-refractivity contribution is 5.93. The van der Waals surface area contributed by atoms with Gasteiger partial charge in [0.05, 0.1) is 24.7 Å². The molecule has 1 amide bonds. The molecule has 0 bridgehead atoms. The summed E-state index contributed by atoms with van der Waals surface area (Å²) in [5, 5.41) is 40.5. The molecule has 1 saturated carbocycles. The molecular formula is C21H28N8O5. The van der Waals surface area contributed by atoms with E-state index in [1.54, 1.807) is 0 Å². The summed E-state index contributed by atoms with van der Waals surface area (Å²) < 4.78 is 8.60. The Balaban J connectivity index is 1.58. The molecular weight excluding hydrogens is 444 g/mol. The fraction of sp³-hybridized carbons (Fsp3) is 0.571. The molecule has 4 atom stereocenters. The number of hydrogen-bond donors (Lipinski definition) is 5. The van der Waals surface area contributed by atoms with Crippen molar-refractivity contribution in [1.29, 1.82) is 0 Å². The molecule has 0 radical (unpaired) electrons. The molecule has 2 fully saturated rings. The lowest BCUT2D eigenvalue weighted by atomic mass is 9.95. The van der Waals surface area contributed by atoms with Gasteiger partial charge in [-0.2, -0.15) is 15.1 Å². The van der Waals surface area contributed by atoms with E-state index >= 15 is 0 Å². The number of carbonyl (C=O) groups is 1. The Morgan fingerprint density at radius 3 is 2.71 bits per heavy atom. The number of hydrogen-bond acceptors (Lipinski definition) is 10. The van der Waals surface area contributed by atoms with E-state index in [0.717, 1.165) is 25.7 Å². The summed E-state index contributed by atoms with van der Waals surface area (Å²) in [6, 6.07) is 0.234. The van der Waals surface area contributed by atoms with Crippen LogP contribution in [0.5, 0.6) is 0 Å². The molecule has 5 N–H and O–H groups in total. The average molecular weight is 473 g/mol. The maximum Gasteiger partial charge on any atom is 0.254 e. The number of nitrogens with zero attached hydrogens (tertiary/aromatic N) is 6. The largest absolute Gasteiger partial charge is 0.394 e. The van der Waals surface area contributed by atoms with Crippen molar-refractivity contribution in [2.75, 3.05) is 19.0 Å². The summed E-state index contributed by atoms with van der Waals surface area (Å²) in [5.74, 6) is 0.424. The van der Waals surface area contributed by atoms with Crippen molar-refractivity contribution < 1.29 is 24.9 Å². The van der Waals surface area contributed by atoms with Crippen LogP contribution in [0, 0.1) is 0 Å². The minimum Gasteiger partial charge on any atom is -0.394 e. The minimum atomic E-state index is -1.28. The minimum absolute atomic E-state index is 0.203. The van der Waals surface area contributed by atoms with E-state index in [0.29, 0.717) is 22.5 Å². The predicted molar refractivity (Wildman–Crippen MR) is 119 cm³/mol. The number of imidazole rings is 1. The van der Waals surface area contributed by atoms with Crippen molar-refractivity contribution >= 4 is 22.9 Å². The van der Waals surface area contributed by atoms with Gasteiger partial charge in [-0.1, -0.05) is 19.3 Å². The van der Waals surface area contributed by atoms with Crippen molar-refractivity contribution in [3.05, 3.63) is 24.3 Å². The first-order valence-electron chi connectivity index (χ1n) is 11.4. The van der Waals surface area contributed by atoms with Gasteiger partial charge in [0.2, 0.25) is 0 Å². The monoisotopic (exact) mass is 472 g/mol. The van der Waals surface area contributed by atoms with Gasteiger partial charge in [0.1, 0.15) is 18.3 Å². The maximum absolute atomic E-state index is 12.0. The number of aliphatic hydroxyl groups is 3. The van der Waals surface area contributed by atoms with Crippen LogP contribution in [-0.4, -0.2) is 88.5 Å². The molecule has 4 heterocycles. The Labute approximate surface area is 194 Å². The second-order valence-electron chi connectivity index (χ2n) is 8.66. The first-order valence-corrected chi connectivity index (χ1v) is 11.4. The molecule has 4 unspecified atom stereocenters. The van der Waals surface area contributed by atoms with E-state index < -0.39 is 31.1 Å². The summed E-state index contributed by atoms with van der Waals surface area (Å²) in [4.78, 5) is 25.7. The summed E-state index contributed by atoms with van der Waals surface area (Å²) in [6.45, 7) is -0.439. The van der Waals surface area contributed by atoms with E-state index in [9.17, 15) is 20.1 Å². The van der Waals surface area contributed by atoms with Gasteiger partial charge < -0.3 is 30.7 Å². The number of amides is 1. The number of rotatable bonds is 6. The number of carbonyl (C=O) groups excluding carboxylic acids is 1. The van der Waals surface area contributed by atoms with Crippen LogP contribution in [0.25, 0.3) is 17.1 Å². The molecule has 0 aromatic carbocycles. The molecule has 3 aromatic rings. The molecule has 1 aliphatic carbocycles. The average Bonchev–Trinajstić information content (AvgIpc) is 3.58. The van der Waals surface area contributed by atoms with Crippen molar-refractivity contribution in [1.82, 2.24) is 34.6 Å². The zero-order chi connectivity index (χ0) is 23.8. The van der Waals surface area contributed by atoms with E-state index in [-0.39, 0.29) is 17.9 Å². The quantitative estimate of drug-likeness (QED) is 0.321. The summed E-state index contributed by atoms with van der Waals surface area (Å²) in [7, 11) is 1.54. The van der Waals surface area contributed by atoms with Gasteiger partial charge in [0.15, 0.2) is 23.2 Å². The predicted octanol–water partition coefficient (Wildman–Crippen LogP) is -0.272. The zero-order valence-electron chi connectivity index (χ0n) is 18.7. The lowest BCUT2D eigenvalue weighted by Crippen LogP contribution is -2.33. The summed E-state index contributed by atoms with van der Waals surface area (Å²) >= 11 is 0. The molecule has 13 heteroatoms. The van der Waals surface area contributed by atoms with Crippen molar-refractivity contribution in [2.24, 2.45) is 0 Å². The fourth-order valence-corrected chi connectivity index (χ4v) is 4.54. The molecule has 1 saturated heterocycles. The third-order valence-electron chi connectivity index (χ3n) is 6.42. The zero-order valence-corrected chi connectivity index (χ0v) is 18.7. The highest BCUT2D eigenvalue weighted by Gasteiger charge is 2.44. The van der Waals surface area contributed by atoms with E-state index in [4.69, 9.17) is 4.74 Å². The second-order valence-corrected chi connectivity index (χ2v) is 8.66. The van der Waals surface area contributed by atoms with Gasteiger partial charge in [-0.3, -0.25) is 9.36 Å². The molecule has 2 aliphatic rings. The normalized spacial score (nSPS) is 25.6. The van der Waals surface area contributed by atoms with Crippen LogP contribution >= 0.6 is 0 Å². The molecule has 0 spiro atoms.